The summed E-state index contributed by atoms with van der Waals surface area (Å²) in [6.07, 6.45) is 1.86. The van der Waals surface area contributed by atoms with Gasteiger partial charge in [0.1, 0.15) is 0 Å². The van der Waals surface area contributed by atoms with Crippen LogP contribution in [0.3, 0.4) is 0 Å². The van der Waals surface area contributed by atoms with Gasteiger partial charge in [-0.05, 0) is 6.42 Å². The zero-order chi connectivity index (χ0) is 10.8. The van der Waals surface area contributed by atoms with Crippen molar-refractivity contribution in [3.05, 3.63) is 12.2 Å². The molecule has 3 nitrogen and oxygen atoms in total. The molecule has 80 valence electrons. The van der Waals surface area contributed by atoms with Gasteiger partial charge < -0.3 is 9.84 Å². The Bertz CT molecular complexity index is 241. The molecule has 0 amide bonds. The minimum Gasteiger partial charge on any atom is -0.478 e. The second kappa shape index (κ2) is 4.13. The van der Waals surface area contributed by atoms with E-state index < -0.39 is 5.97 Å². The molecule has 3 heteroatoms. The van der Waals surface area contributed by atoms with E-state index in [0.29, 0.717) is 18.8 Å². The molecule has 1 rings (SSSR count). The van der Waals surface area contributed by atoms with Crippen molar-refractivity contribution in [2.24, 2.45) is 11.3 Å². The fraction of sp³-hybridized carbons (Fsp3) is 0.727. The molecule has 1 atom stereocenters. The van der Waals surface area contributed by atoms with Crippen LogP contribution in [0, 0.1) is 11.3 Å². The Morgan fingerprint density at radius 1 is 1.64 bits per heavy atom. The van der Waals surface area contributed by atoms with Crippen molar-refractivity contribution in [3.8, 4) is 0 Å². The van der Waals surface area contributed by atoms with E-state index in [0.717, 1.165) is 12.8 Å². The molecule has 0 radical (unpaired) electrons. The molecule has 0 bridgehead atoms. The van der Waals surface area contributed by atoms with E-state index in [1.165, 1.54) is 0 Å². The third kappa shape index (κ3) is 1.98. The zero-order valence-electron chi connectivity index (χ0n) is 8.88. The molecule has 1 fully saturated rings. The van der Waals surface area contributed by atoms with E-state index in [9.17, 15) is 4.79 Å². The van der Waals surface area contributed by atoms with Gasteiger partial charge in [0.25, 0.3) is 0 Å². The largest absolute Gasteiger partial charge is 0.478 e. The zero-order valence-corrected chi connectivity index (χ0v) is 8.88. The molecule has 1 unspecified atom stereocenters. The van der Waals surface area contributed by atoms with E-state index in [1.54, 1.807) is 0 Å². The normalized spacial score (nSPS) is 21.0. The smallest absolute Gasteiger partial charge is 0.331 e. The van der Waals surface area contributed by atoms with Crippen LogP contribution in [0.1, 0.15) is 26.7 Å². The first-order chi connectivity index (χ1) is 6.51. The Labute approximate surface area is 84.8 Å². The van der Waals surface area contributed by atoms with Gasteiger partial charge >= 0.3 is 5.97 Å². The summed E-state index contributed by atoms with van der Waals surface area (Å²) in [5.41, 5.74) is 0.323. The van der Waals surface area contributed by atoms with Gasteiger partial charge in [0.05, 0.1) is 13.2 Å². The number of aliphatic carboxylic acids is 1. The molecule has 1 aliphatic heterocycles. The molecule has 14 heavy (non-hydrogen) atoms. The monoisotopic (exact) mass is 198 g/mol. The lowest BCUT2D eigenvalue weighted by atomic mass is 9.70. The number of ether oxygens (including phenoxy) is 1. The van der Waals surface area contributed by atoms with Gasteiger partial charge in [0, 0.05) is 16.9 Å². The first-order valence-corrected chi connectivity index (χ1v) is 5.01. The van der Waals surface area contributed by atoms with Crippen molar-refractivity contribution in [3.63, 3.8) is 0 Å². The molecule has 0 aromatic heterocycles. The van der Waals surface area contributed by atoms with Crippen LogP contribution >= 0.6 is 0 Å². The Balaban J connectivity index is 2.73. The number of carbonyl (C=O) groups is 1. The number of rotatable bonds is 5. The second-order valence-corrected chi connectivity index (χ2v) is 4.32. The Kier molecular flexibility index (Phi) is 3.32. The van der Waals surface area contributed by atoms with E-state index in [1.807, 2.05) is 0 Å². The lowest BCUT2D eigenvalue weighted by Gasteiger charge is -2.44. The molecule has 1 heterocycles. The van der Waals surface area contributed by atoms with E-state index >= 15 is 0 Å². The third-order valence-corrected chi connectivity index (χ3v) is 2.98. The highest BCUT2D eigenvalue weighted by molar-refractivity contribution is 5.86. The average molecular weight is 198 g/mol. The van der Waals surface area contributed by atoms with Crippen LogP contribution in [0.2, 0.25) is 0 Å². The highest BCUT2D eigenvalue weighted by Gasteiger charge is 2.43. The standard InChI is InChI=1S/C11H18O3/c1-4-5-9(8(2)10(12)13)11(3)6-14-7-11/h9H,2,4-7H2,1,3H3,(H,12,13). The quantitative estimate of drug-likeness (QED) is 0.688. The maximum atomic E-state index is 10.9. The van der Waals surface area contributed by atoms with Gasteiger partial charge in [0.15, 0.2) is 0 Å². The van der Waals surface area contributed by atoms with E-state index in [-0.39, 0.29) is 11.3 Å². The minimum absolute atomic E-state index is 0.00845. The number of hydrogen-bond acceptors (Lipinski definition) is 2. The average Bonchev–Trinajstić information content (AvgIpc) is 2.09. The van der Waals surface area contributed by atoms with Crippen LogP contribution < -0.4 is 0 Å². The summed E-state index contributed by atoms with van der Waals surface area (Å²) in [5, 5.41) is 8.92. The first-order valence-electron chi connectivity index (χ1n) is 5.01. The third-order valence-electron chi connectivity index (χ3n) is 2.98. The van der Waals surface area contributed by atoms with Crippen LogP contribution in [0.4, 0.5) is 0 Å². The van der Waals surface area contributed by atoms with Crippen LogP contribution in [-0.4, -0.2) is 24.3 Å². The van der Waals surface area contributed by atoms with Crippen molar-refractivity contribution in [2.45, 2.75) is 26.7 Å². The molecule has 1 aliphatic rings. The van der Waals surface area contributed by atoms with Gasteiger partial charge in [-0.15, -0.1) is 0 Å². The molecule has 1 saturated heterocycles. The molecular formula is C11H18O3. The van der Waals surface area contributed by atoms with Crippen molar-refractivity contribution in [2.75, 3.05) is 13.2 Å². The summed E-state index contributed by atoms with van der Waals surface area (Å²) >= 11 is 0. The SMILES string of the molecule is C=C(C(=O)O)C(CCC)C1(C)COC1. The number of carboxylic acids is 1. The van der Waals surface area contributed by atoms with Crippen molar-refractivity contribution < 1.29 is 14.6 Å². The summed E-state index contributed by atoms with van der Waals surface area (Å²) in [4.78, 5) is 10.9. The molecule has 0 aliphatic carbocycles. The predicted molar refractivity (Wildman–Crippen MR) is 54.1 cm³/mol. The molecule has 0 aromatic rings. The Morgan fingerprint density at radius 2 is 2.21 bits per heavy atom. The summed E-state index contributed by atoms with van der Waals surface area (Å²) in [6.45, 7) is 9.11. The number of carboxylic acid groups (broad SMARTS) is 1. The molecule has 0 saturated carbocycles. The van der Waals surface area contributed by atoms with E-state index in [4.69, 9.17) is 9.84 Å². The second-order valence-electron chi connectivity index (χ2n) is 4.32. The van der Waals surface area contributed by atoms with Crippen LogP contribution in [-0.2, 0) is 9.53 Å². The minimum atomic E-state index is -0.878. The highest BCUT2D eigenvalue weighted by atomic mass is 16.5. The molecule has 0 aromatic carbocycles. The summed E-state index contributed by atoms with van der Waals surface area (Å²) in [7, 11) is 0. The summed E-state index contributed by atoms with van der Waals surface area (Å²) in [5.74, 6) is -0.824. The maximum absolute atomic E-state index is 10.9. The Hall–Kier alpha value is -0.830. The van der Waals surface area contributed by atoms with Crippen LogP contribution in [0.15, 0.2) is 12.2 Å². The van der Waals surface area contributed by atoms with Gasteiger partial charge in [-0.3, -0.25) is 0 Å². The van der Waals surface area contributed by atoms with Gasteiger partial charge in [0.2, 0.25) is 0 Å². The van der Waals surface area contributed by atoms with Gasteiger partial charge in [-0.2, -0.15) is 0 Å². The molecule has 0 spiro atoms. The fourth-order valence-corrected chi connectivity index (χ4v) is 2.01. The van der Waals surface area contributed by atoms with Crippen LogP contribution in [0.5, 0.6) is 0 Å². The topological polar surface area (TPSA) is 46.5 Å². The lowest BCUT2D eigenvalue weighted by Crippen LogP contribution is -2.47. The molecule has 1 N–H and O–H groups in total. The fourth-order valence-electron chi connectivity index (χ4n) is 2.01. The first kappa shape index (κ1) is 11.2. The summed E-state index contributed by atoms with van der Waals surface area (Å²) in [6, 6.07) is 0. The summed E-state index contributed by atoms with van der Waals surface area (Å²) < 4.78 is 5.16. The Morgan fingerprint density at radius 3 is 2.50 bits per heavy atom. The van der Waals surface area contributed by atoms with Gasteiger partial charge in [-0.25, -0.2) is 4.79 Å². The maximum Gasteiger partial charge on any atom is 0.331 e. The van der Waals surface area contributed by atoms with Crippen molar-refractivity contribution in [1.82, 2.24) is 0 Å². The molecular weight excluding hydrogens is 180 g/mol. The predicted octanol–water partition coefficient (Wildman–Crippen LogP) is 2.08. The lowest BCUT2D eigenvalue weighted by molar-refractivity contribution is -0.143. The van der Waals surface area contributed by atoms with Crippen molar-refractivity contribution >= 4 is 5.97 Å². The van der Waals surface area contributed by atoms with Crippen molar-refractivity contribution in [1.29, 1.82) is 0 Å². The number of hydrogen-bond donors (Lipinski definition) is 1. The van der Waals surface area contributed by atoms with E-state index in [2.05, 4.69) is 20.4 Å². The van der Waals surface area contributed by atoms with Crippen LogP contribution in [0.25, 0.3) is 0 Å². The van der Waals surface area contributed by atoms with Gasteiger partial charge in [-0.1, -0.05) is 26.8 Å². The highest BCUT2D eigenvalue weighted by Crippen LogP contribution is 2.41.